The highest BCUT2D eigenvalue weighted by molar-refractivity contribution is 7.57. The first kappa shape index (κ1) is 27.7. The van der Waals surface area contributed by atoms with E-state index < -0.39 is 30.8 Å². The Morgan fingerprint density at radius 3 is 2.67 bits per heavy atom. The first-order valence-electron chi connectivity index (χ1n) is 12.3. The number of aryl methyl sites for hydroxylation is 2. The summed E-state index contributed by atoms with van der Waals surface area (Å²) >= 11 is 0. The second-order valence-electron chi connectivity index (χ2n) is 9.63. The van der Waals surface area contributed by atoms with Crippen LogP contribution in [0.25, 0.3) is 0 Å². The van der Waals surface area contributed by atoms with Crippen LogP contribution in [0, 0.1) is 6.92 Å². The van der Waals surface area contributed by atoms with E-state index in [2.05, 4.69) is 16.1 Å². The Labute approximate surface area is 211 Å². The molecule has 3 rings (SSSR count). The lowest BCUT2D eigenvalue weighted by atomic mass is 9.91. The summed E-state index contributed by atoms with van der Waals surface area (Å²) in [5.41, 5.74) is 2.48. The first-order chi connectivity index (χ1) is 17.0. The van der Waals surface area contributed by atoms with Crippen LogP contribution in [0.5, 0.6) is 5.75 Å². The zero-order valence-electron chi connectivity index (χ0n) is 21.6. The molecule has 0 spiro atoms. The third-order valence-electron chi connectivity index (χ3n) is 5.98. The van der Waals surface area contributed by atoms with Crippen molar-refractivity contribution in [3.63, 3.8) is 0 Å². The molecule has 0 aliphatic heterocycles. The van der Waals surface area contributed by atoms with Crippen LogP contribution in [0.4, 0.5) is 0 Å². The van der Waals surface area contributed by atoms with Gasteiger partial charge in [0.15, 0.2) is 0 Å². The number of carbonyl (C=O) groups is 1. The van der Waals surface area contributed by atoms with Crippen molar-refractivity contribution < 1.29 is 18.6 Å². The molecule has 0 radical (unpaired) electrons. The highest BCUT2D eigenvalue weighted by Gasteiger charge is 2.31. The molecule has 1 aromatic carbocycles. The minimum absolute atomic E-state index is 0.00111. The summed E-state index contributed by atoms with van der Waals surface area (Å²) < 4.78 is 26.9. The van der Waals surface area contributed by atoms with Crippen LogP contribution < -0.4 is 20.9 Å². The number of hydrogen-bond donors (Lipinski definition) is 2. The average Bonchev–Trinajstić information content (AvgIpc) is 2.81. The fraction of sp³-hybridized carbons (Fsp3) is 0.500. The van der Waals surface area contributed by atoms with Crippen LogP contribution in [0.15, 0.2) is 45.6 Å². The van der Waals surface area contributed by atoms with Crippen molar-refractivity contribution in [3.05, 3.63) is 73.6 Å². The van der Waals surface area contributed by atoms with E-state index in [1.165, 1.54) is 16.3 Å². The van der Waals surface area contributed by atoms with Crippen LogP contribution in [0.1, 0.15) is 57.2 Å². The average molecular weight is 518 g/mol. The smallest absolute Gasteiger partial charge is 0.328 e. The van der Waals surface area contributed by atoms with E-state index in [1.54, 1.807) is 40.7 Å². The second kappa shape index (κ2) is 11.9. The van der Waals surface area contributed by atoms with Gasteiger partial charge in [0.2, 0.25) is 0 Å². The van der Waals surface area contributed by atoms with Gasteiger partial charge in [0.1, 0.15) is 11.8 Å². The summed E-state index contributed by atoms with van der Waals surface area (Å²) in [6, 6.07) is 4.92. The van der Waals surface area contributed by atoms with Crippen molar-refractivity contribution in [2.24, 2.45) is 0 Å². The number of benzene rings is 1. The Hall–Kier alpha value is -2.90. The molecule has 36 heavy (non-hydrogen) atoms. The normalized spacial score (nSPS) is 16.2. The van der Waals surface area contributed by atoms with E-state index >= 15 is 0 Å². The van der Waals surface area contributed by atoms with Gasteiger partial charge in [-0.2, -0.15) is 0 Å². The first-order valence-corrected chi connectivity index (χ1v) is 14.1. The largest absolute Gasteiger partial charge is 0.462 e. The number of allylic oxidation sites excluding steroid dienone is 2. The topological polar surface area (TPSA) is 119 Å². The van der Waals surface area contributed by atoms with Gasteiger partial charge in [-0.25, -0.2) is 9.88 Å². The Bertz CT molecular complexity index is 1290. The number of H-pyrrole nitrogens is 1. The zero-order chi connectivity index (χ0) is 26.5. The molecule has 1 aromatic heterocycles. The SMILES string of the molecule is C/C(=C/CP(=O)(N[C@@H](C)C(=O)OC(C)C)Oc1cccc2c1CCCC2)Cn1cc(C)c(=O)[nH]c1=O. The van der Waals surface area contributed by atoms with Crippen molar-refractivity contribution >= 4 is 13.5 Å². The highest BCUT2D eigenvalue weighted by Crippen LogP contribution is 2.46. The summed E-state index contributed by atoms with van der Waals surface area (Å²) in [4.78, 5) is 38.5. The van der Waals surface area contributed by atoms with Crippen LogP contribution in [0.3, 0.4) is 0 Å². The Kier molecular flexibility index (Phi) is 9.14. The molecule has 1 unspecified atom stereocenters. The second-order valence-corrected chi connectivity index (χ2v) is 11.8. The van der Waals surface area contributed by atoms with Crippen molar-refractivity contribution in [1.82, 2.24) is 14.6 Å². The number of aromatic amines is 1. The molecule has 1 heterocycles. The van der Waals surface area contributed by atoms with E-state index in [1.807, 2.05) is 12.1 Å². The van der Waals surface area contributed by atoms with Crippen molar-refractivity contribution in [2.45, 2.75) is 79.0 Å². The third kappa shape index (κ3) is 7.31. The molecule has 0 saturated carbocycles. The Morgan fingerprint density at radius 1 is 1.22 bits per heavy atom. The number of rotatable bonds is 10. The molecule has 2 aromatic rings. The van der Waals surface area contributed by atoms with E-state index in [-0.39, 0.29) is 18.8 Å². The summed E-state index contributed by atoms with van der Waals surface area (Å²) in [7, 11) is -3.60. The minimum atomic E-state index is -3.60. The van der Waals surface area contributed by atoms with Gasteiger partial charge in [-0.05, 0) is 77.5 Å². The summed E-state index contributed by atoms with van der Waals surface area (Å²) in [6.07, 6.45) is 6.87. The number of fused-ring (bicyclic) bond motifs is 1. The van der Waals surface area contributed by atoms with Crippen LogP contribution in [-0.4, -0.2) is 33.8 Å². The van der Waals surface area contributed by atoms with Gasteiger partial charge in [0, 0.05) is 18.3 Å². The fourth-order valence-electron chi connectivity index (χ4n) is 4.13. The number of aromatic nitrogens is 2. The Balaban J connectivity index is 1.86. The van der Waals surface area contributed by atoms with E-state index in [0.29, 0.717) is 11.3 Å². The molecule has 196 valence electrons. The van der Waals surface area contributed by atoms with Gasteiger partial charge in [0.25, 0.3) is 5.56 Å². The predicted molar refractivity (Wildman–Crippen MR) is 140 cm³/mol. The molecule has 9 nitrogen and oxygen atoms in total. The van der Waals surface area contributed by atoms with Gasteiger partial charge in [0.05, 0.1) is 12.3 Å². The predicted octanol–water partition coefficient (Wildman–Crippen LogP) is 3.87. The molecule has 0 amide bonds. The van der Waals surface area contributed by atoms with Gasteiger partial charge in [-0.1, -0.05) is 23.8 Å². The lowest BCUT2D eigenvalue weighted by Crippen LogP contribution is -2.36. The number of esters is 1. The van der Waals surface area contributed by atoms with Crippen LogP contribution in [0.2, 0.25) is 0 Å². The molecule has 2 atom stereocenters. The van der Waals surface area contributed by atoms with Gasteiger partial charge >= 0.3 is 19.2 Å². The molecule has 10 heteroatoms. The number of nitrogens with one attached hydrogen (secondary N) is 2. The van der Waals surface area contributed by atoms with Crippen molar-refractivity contribution in [3.8, 4) is 5.75 Å². The van der Waals surface area contributed by atoms with Crippen LogP contribution in [-0.2, 0) is 33.5 Å². The van der Waals surface area contributed by atoms with Crippen molar-refractivity contribution in [1.29, 1.82) is 0 Å². The maximum Gasteiger partial charge on any atom is 0.328 e. The molecular weight excluding hydrogens is 481 g/mol. The molecule has 0 fully saturated rings. The molecular formula is C26H36N3O6P. The fourth-order valence-corrected chi connectivity index (χ4v) is 6.10. The maximum atomic E-state index is 14.1. The number of hydrogen-bond acceptors (Lipinski definition) is 6. The number of ether oxygens (including phenoxy) is 1. The molecule has 1 aliphatic carbocycles. The molecule has 1 aliphatic rings. The molecule has 0 bridgehead atoms. The quantitative estimate of drug-likeness (QED) is 0.279. The van der Waals surface area contributed by atoms with E-state index in [0.717, 1.165) is 36.8 Å². The van der Waals surface area contributed by atoms with E-state index in [4.69, 9.17) is 9.26 Å². The summed E-state index contributed by atoms with van der Waals surface area (Å²) in [5, 5.41) is 2.90. The monoisotopic (exact) mass is 517 g/mol. The highest BCUT2D eigenvalue weighted by atomic mass is 31.2. The van der Waals surface area contributed by atoms with Crippen molar-refractivity contribution in [2.75, 3.05) is 6.16 Å². The minimum Gasteiger partial charge on any atom is -0.462 e. The Morgan fingerprint density at radius 2 is 1.94 bits per heavy atom. The lowest BCUT2D eigenvalue weighted by Gasteiger charge is -2.26. The van der Waals surface area contributed by atoms with Gasteiger partial charge in [-0.3, -0.25) is 23.7 Å². The molecule has 2 N–H and O–H groups in total. The number of carbonyl (C=O) groups excluding carboxylic acids is 1. The third-order valence-corrected chi connectivity index (χ3v) is 7.92. The van der Waals surface area contributed by atoms with E-state index in [9.17, 15) is 18.9 Å². The number of nitrogens with zero attached hydrogens (tertiary/aromatic N) is 1. The van der Waals surface area contributed by atoms with Crippen LogP contribution >= 0.6 is 7.52 Å². The maximum absolute atomic E-state index is 14.1. The zero-order valence-corrected chi connectivity index (χ0v) is 22.5. The molecule has 0 saturated heterocycles. The summed E-state index contributed by atoms with van der Waals surface area (Å²) in [5.74, 6) is 0.0471. The van der Waals surface area contributed by atoms with Gasteiger partial charge < -0.3 is 9.26 Å². The summed E-state index contributed by atoms with van der Waals surface area (Å²) in [6.45, 7) is 8.74. The lowest BCUT2D eigenvalue weighted by molar-refractivity contribution is -0.149. The van der Waals surface area contributed by atoms with Gasteiger partial charge in [-0.15, -0.1) is 0 Å². The standard InChI is InChI=1S/C26H36N3O6P/c1-17(2)34-25(31)20(5)28-36(33,35-23-12-8-10-21-9-6-7-11-22(21)23)14-13-18(3)15-29-16-19(4)24(30)27-26(29)32/h8,10,12-13,16-17,20H,6-7,9,11,14-15H2,1-5H3,(H,28,33)(H,27,30,32)/b18-13-/t20-,36?/m0/s1.